The summed E-state index contributed by atoms with van der Waals surface area (Å²) >= 11 is 0. The Labute approximate surface area is 131 Å². The normalized spacial score (nSPS) is 22.4. The van der Waals surface area contributed by atoms with Gasteiger partial charge in [-0.2, -0.15) is 0 Å². The van der Waals surface area contributed by atoms with E-state index in [1.54, 1.807) is 5.56 Å². The molecular formula is C20H32O. The van der Waals surface area contributed by atoms with Gasteiger partial charge in [-0.1, -0.05) is 56.9 Å². The minimum absolute atomic E-state index is 0.751. The van der Waals surface area contributed by atoms with E-state index in [9.17, 15) is 0 Å². The Hall–Kier alpha value is -0.820. The van der Waals surface area contributed by atoms with Crippen LogP contribution in [0.4, 0.5) is 0 Å². The maximum Gasteiger partial charge on any atom is 0.0716 e. The molecule has 0 atom stereocenters. The van der Waals surface area contributed by atoms with E-state index >= 15 is 0 Å². The van der Waals surface area contributed by atoms with E-state index in [0.29, 0.717) is 0 Å². The third-order valence-corrected chi connectivity index (χ3v) is 4.99. The maximum atomic E-state index is 5.47. The molecule has 0 aliphatic heterocycles. The van der Waals surface area contributed by atoms with Crippen molar-refractivity contribution in [3.63, 3.8) is 0 Å². The molecule has 0 spiro atoms. The van der Waals surface area contributed by atoms with Crippen LogP contribution in [0.25, 0.3) is 0 Å². The second kappa shape index (κ2) is 9.25. The molecule has 0 radical (unpaired) electrons. The second-order valence-electron chi connectivity index (χ2n) is 6.59. The summed E-state index contributed by atoms with van der Waals surface area (Å²) in [4.78, 5) is 0. The van der Waals surface area contributed by atoms with Gasteiger partial charge in [0, 0.05) is 6.61 Å². The van der Waals surface area contributed by atoms with Crippen molar-refractivity contribution in [1.29, 1.82) is 0 Å². The highest BCUT2D eigenvalue weighted by Gasteiger charge is 2.21. The van der Waals surface area contributed by atoms with Gasteiger partial charge in [0.05, 0.1) is 6.61 Å². The minimum Gasteiger partial charge on any atom is -0.377 e. The number of hydrogen-bond donors (Lipinski definition) is 0. The predicted molar refractivity (Wildman–Crippen MR) is 90.6 cm³/mol. The monoisotopic (exact) mass is 288 g/mol. The fourth-order valence-electron chi connectivity index (χ4n) is 3.57. The van der Waals surface area contributed by atoms with Gasteiger partial charge in [-0.05, 0) is 55.6 Å². The Morgan fingerprint density at radius 3 is 2.29 bits per heavy atom. The lowest BCUT2D eigenvalue weighted by Gasteiger charge is -2.29. The molecule has 0 N–H and O–H groups in total. The summed E-state index contributed by atoms with van der Waals surface area (Å²) in [6, 6.07) is 9.16. The predicted octanol–water partition coefficient (Wildman–Crippen LogP) is 6.08. The molecule has 0 bridgehead atoms. The zero-order valence-electron chi connectivity index (χ0n) is 13.9. The van der Waals surface area contributed by atoms with Crippen molar-refractivity contribution in [1.82, 2.24) is 0 Å². The van der Waals surface area contributed by atoms with Crippen molar-refractivity contribution in [3.05, 3.63) is 35.4 Å². The van der Waals surface area contributed by atoms with Crippen molar-refractivity contribution < 1.29 is 4.74 Å². The summed E-state index contributed by atoms with van der Waals surface area (Å²) in [6.45, 7) is 5.89. The summed E-state index contributed by atoms with van der Waals surface area (Å²) < 4.78 is 5.47. The van der Waals surface area contributed by atoms with Crippen LogP contribution in [-0.2, 0) is 11.3 Å². The topological polar surface area (TPSA) is 9.23 Å². The van der Waals surface area contributed by atoms with E-state index in [1.165, 1.54) is 56.9 Å². The molecule has 1 saturated carbocycles. The first-order valence-corrected chi connectivity index (χ1v) is 9.00. The van der Waals surface area contributed by atoms with E-state index in [4.69, 9.17) is 4.74 Å². The van der Waals surface area contributed by atoms with Crippen LogP contribution >= 0.6 is 0 Å². The maximum absolute atomic E-state index is 5.47. The highest BCUT2D eigenvalue weighted by atomic mass is 16.5. The molecule has 1 fully saturated rings. The molecular weight excluding hydrogens is 256 g/mol. The van der Waals surface area contributed by atoms with Crippen LogP contribution in [0, 0.1) is 5.92 Å². The molecule has 1 aliphatic carbocycles. The van der Waals surface area contributed by atoms with Gasteiger partial charge in [-0.3, -0.25) is 0 Å². The molecule has 1 aromatic carbocycles. The molecule has 2 rings (SSSR count). The highest BCUT2D eigenvalue weighted by molar-refractivity contribution is 5.25. The first kappa shape index (κ1) is 16.5. The second-order valence-corrected chi connectivity index (χ2v) is 6.59. The lowest BCUT2D eigenvalue weighted by molar-refractivity contribution is 0.134. The van der Waals surface area contributed by atoms with Gasteiger partial charge < -0.3 is 4.74 Å². The van der Waals surface area contributed by atoms with Gasteiger partial charge in [0.1, 0.15) is 0 Å². The molecule has 21 heavy (non-hydrogen) atoms. The van der Waals surface area contributed by atoms with E-state index in [2.05, 4.69) is 31.2 Å². The standard InChI is InChI=1S/C20H32O/c1-3-5-6-7-17-8-12-19(13-9-17)20-14-10-18(11-15-20)16-21-4-2/h10-11,14-15,17,19H,3-9,12-13,16H2,1-2H3. The lowest BCUT2D eigenvalue weighted by atomic mass is 9.77. The third kappa shape index (κ3) is 5.47. The summed E-state index contributed by atoms with van der Waals surface area (Å²) in [7, 11) is 0. The van der Waals surface area contributed by atoms with E-state index in [-0.39, 0.29) is 0 Å². The van der Waals surface area contributed by atoms with Crippen molar-refractivity contribution in [2.45, 2.75) is 77.7 Å². The highest BCUT2D eigenvalue weighted by Crippen LogP contribution is 2.37. The molecule has 1 heteroatoms. The summed E-state index contributed by atoms with van der Waals surface area (Å²) in [5.41, 5.74) is 2.84. The Bertz CT molecular complexity index is 373. The Kier molecular flexibility index (Phi) is 7.29. The Balaban J connectivity index is 1.76. The van der Waals surface area contributed by atoms with Crippen LogP contribution < -0.4 is 0 Å². The molecule has 1 nitrogen and oxygen atoms in total. The Morgan fingerprint density at radius 2 is 1.67 bits per heavy atom. The van der Waals surface area contributed by atoms with Gasteiger partial charge in [-0.15, -0.1) is 0 Å². The van der Waals surface area contributed by atoms with Crippen LogP contribution in [0.15, 0.2) is 24.3 Å². The minimum atomic E-state index is 0.751. The number of unbranched alkanes of at least 4 members (excludes halogenated alkanes) is 2. The van der Waals surface area contributed by atoms with Crippen LogP contribution in [0.3, 0.4) is 0 Å². The molecule has 0 aromatic heterocycles. The van der Waals surface area contributed by atoms with Crippen molar-refractivity contribution >= 4 is 0 Å². The van der Waals surface area contributed by atoms with Gasteiger partial charge in [0.2, 0.25) is 0 Å². The average Bonchev–Trinajstić information content (AvgIpc) is 2.54. The summed E-state index contributed by atoms with van der Waals surface area (Å²) in [6.07, 6.45) is 11.3. The largest absolute Gasteiger partial charge is 0.377 e. The number of rotatable bonds is 8. The molecule has 0 amide bonds. The van der Waals surface area contributed by atoms with Gasteiger partial charge in [-0.25, -0.2) is 0 Å². The Morgan fingerprint density at radius 1 is 0.952 bits per heavy atom. The third-order valence-electron chi connectivity index (χ3n) is 4.99. The first-order valence-electron chi connectivity index (χ1n) is 9.00. The molecule has 0 unspecified atom stereocenters. The van der Waals surface area contributed by atoms with Gasteiger partial charge in [0.15, 0.2) is 0 Å². The van der Waals surface area contributed by atoms with Gasteiger partial charge in [0.25, 0.3) is 0 Å². The van der Waals surface area contributed by atoms with Crippen molar-refractivity contribution in [2.75, 3.05) is 6.61 Å². The molecule has 1 aliphatic rings. The molecule has 0 saturated heterocycles. The molecule has 1 aromatic rings. The van der Waals surface area contributed by atoms with Crippen LogP contribution in [0.5, 0.6) is 0 Å². The van der Waals surface area contributed by atoms with Crippen molar-refractivity contribution in [3.8, 4) is 0 Å². The lowest BCUT2D eigenvalue weighted by Crippen LogP contribution is -2.13. The SMILES string of the molecule is CCCCCC1CCC(c2ccc(COCC)cc2)CC1. The zero-order valence-corrected chi connectivity index (χ0v) is 13.9. The number of hydrogen-bond acceptors (Lipinski definition) is 1. The van der Waals surface area contributed by atoms with Crippen LogP contribution in [0.1, 0.15) is 82.3 Å². The summed E-state index contributed by atoms with van der Waals surface area (Å²) in [5.74, 6) is 1.80. The smallest absolute Gasteiger partial charge is 0.0716 e. The average molecular weight is 288 g/mol. The quantitative estimate of drug-likeness (QED) is 0.527. The first-order chi connectivity index (χ1) is 10.3. The van der Waals surface area contributed by atoms with E-state index in [1.807, 2.05) is 6.92 Å². The van der Waals surface area contributed by atoms with Crippen LogP contribution in [0.2, 0.25) is 0 Å². The number of benzene rings is 1. The molecule has 118 valence electrons. The van der Waals surface area contributed by atoms with E-state index in [0.717, 1.165) is 25.0 Å². The fourth-order valence-corrected chi connectivity index (χ4v) is 3.57. The zero-order chi connectivity index (χ0) is 14.9. The number of ether oxygens (including phenoxy) is 1. The van der Waals surface area contributed by atoms with Crippen molar-refractivity contribution in [2.24, 2.45) is 5.92 Å². The van der Waals surface area contributed by atoms with Gasteiger partial charge >= 0.3 is 0 Å². The summed E-state index contributed by atoms with van der Waals surface area (Å²) in [5, 5.41) is 0. The van der Waals surface area contributed by atoms with E-state index < -0.39 is 0 Å². The molecule has 0 heterocycles. The van der Waals surface area contributed by atoms with Crippen LogP contribution in [-0.4, -0.2) is 6.61 Å². The fraction of sp³-hybridized carbons (Fsp3) is 0.700.